The molecule has 100 valence electrons. The van der Waals surface area contributed by atoms with Gasteiger partial charge in [0.15, 0.2) is 9.84 Å². The highest BCUT2D eigenvalue weighted by Gasteiger charge is 2.24. The summed E-state index contributed by atoms with van der Waals surface area (Å²) in [5.74, 6) is 1.75. The highest BCUT2D eigenvalue weighted by Crippen LogP contribution is 2.19. The number of benzene rings is 1. The van der Waals surface area contributed by atoms with E-state index in [0.717, 1.165) is 5.75 Å². The van der Waals surface area contributed by atoms with E-state index in [1.54, 1.807) is 13.2 Å². The Morgan fingerprint density at radius 1 is 1.39 bits per heavy atom. The molecule has 0 aromatic heterocycles. The molecule has 1 aliphatic rings. The molecule has 1 aromatic carbocycles. The van der Waals surface area contributed by atoms with E-state index in [-0.39, 0.29) is 17.5 Å². The van der Waals surface area contributed by atoms with Crippen LogP contribution in [0.5, 0.6) is 11.5 Å². The molecule has 6 heteroatoms. The Bertz CT molecular complexity index is 501. The molecular formula is C12H17NO4S. The van der Waals surface area contributed by atoms with Gasteiger partial charge in [0.1, 0.15) is 18.1 Å². The number of methoxy groups -OCH3 is 1. The normalized spacial score (nSPS) is 22.4. The van der Waals surface area contributed by atoms with Crippen molar-refractivity contribution in [3.05, 3.63) is 24.3 Å². The molecule has 1 saturated heterocycles. The standard InChI is InChI=1S/C12H17NO4S/c1-16-11-3-2-4-12(7-11)17-8-10-9-18(14,15)6-5-13-10/h2-4,7,10,13H,5-6,8-9H2,1H3. The minimum absolute atomic E-state index is 0.136. The molecule has 0 aliphatic carbocycles. The monoisotopic (exact) mass is 271 g/mol. The Hall–Kier alpha value is -1.27. The minimum atomic E-state index is -2.92. The largest absolute Gasteiger partial charge is 0.497 e. The lowest BCUT2D eigenvalue weighted by Gasteiger charge is -2.23. The zero-order valence-electron chi connectivity index (χ0n) is 10.3. The van der Waals surface area contributed by atoms with Gasteiger partial charge < -0.3 is 14.8 Å². The van der Waals surface area contributed by atoms with E-state index in [1.807, 2.05) is 18.2 Å². The van der Waals surface area contributed by atoms with Gasteiger partial charge in [-0.25, -0.2) is 8.42 Å². The van der Waals surface area contributed by atoms with Gasteiger partial charge in [-0.15, -0.1) is 0 Å². The van der Waals surface area contributed by atoms with Crippen molar-refractivity contribution in [1.29, 1.82) is 0 Å². The van der Waals surface area contributed by atoms with Crippen LogP contribution in [0.2, 0.25) is 0 Å². The lowest BCUT2D eigenvalue weighted by molar-refractivity contribution is 0.272. The Morgan fingerprint density at radius 2 is 2.17 bits per heavy atom. The molecule has 0 spiro atoms. The molecule has 0 radical (unpaired) electrons. The molecule has 1 heterocycles. The second-order valence-corrected chi connectivity index (χ2v) is 6.48. The lowest BCUT2D eigenvalue weighted by Crippen LogP contribution is -2.48. The van der Waals surface area contributed by atoms with E-state index in [1.165, 1.54) is 0 Å². The van der Waals surface area contributed by atoms with E-state index in [2.05, 4.69) is 5.32 Å². The molecule has 0 amide bonds. The quantitative estimate of drug-likeness (QED) is 0.862. The average molecular weight is 271 g/mol. The predicted molar refractivity (Wildman–Crippen MR) is 68.9 cm³/mol. The first-order valence-corrected chi connectivity index (χ1v) is 7.62. The van der Waals surface area contributed by atoms with Gasteiger partial charge in [0.05, 0.1) is 24.7 Å². The average Bonchev–Trinajstić information content (AvgIpc) is 2.35. The number of hydrogen-bond acceptors (Lipinski definition) is 5. The van der Waals surface area contributed by atoms with Gasteiger partial charge in [0.25, 0.3) is 0 Å². The Balaban J connectivity index is 1.91. The van der Waals surface area contributed by atoms with Crippen LogP contribution in [0.25, 0.3) is 0 Å². The molecule has 1 aliphatic heterocycles. The minimum Gasteiger partial charge on any atom is -0.497 e. The molecule has 1 unspecified atom stereocenters. The summed E-state index contributed by atoms with van der Waals surface area (Å²) in [6.07, 6.45) is 0. The summed E-state index contributed by atoms with van der Waals surface area (Å²) in [4.78, 5) is 0. The van der Waals surface area contributed by atoms with Crippen LogP contribution in [-0.2, 0) is 9.84 Å². The van der Waals surface area contributed by atoms with Gasteiger partial charge >= 0.3 is 0 Å². The van der Waals surface area contributed by atoms with Crippen LogP contribution in [0.15, 0.2) is 24.3 Å². The first kappa shape index (κ1) is 13.2. The summed E-state index contributed by atoms with van der Waals surface area (Å²) in [6, 6.07) is 7.11. The third-order valence-electron chi connectivity index (χ3n) is 2.79. The maximum Gasteiger partial charge on any atom is 0.153 e. The Morgan fingerprint density at radius 3 is 2.89 bits per heavy atom. The highest BCUT2D eigenvalue weighted by molar-refractivity contribution is 7.91. The molecule has 18 heavy (non-hydrogen) atoms. The van der Waals surface area contributed by atoms with Crippen molar-refractivity contribution in [3.8, 4) is 11.5 Å². The third kappa shape index (κ3) is 3.61. The van der Waals surface area contributed by atoms with Gasteiger partial charge in [-0.05, 0) is 12.1 Å². The van der Waals surface area contributed by atoms with Gasteiger partial charge in [0, 0.05) is 12.6 Å². The van der Waals surface area contributed by atoms with Gasteiger partial charge in [-0.2, -0.15) is 0 Å². The number of rotatable bonds is 4. The number of nitrogens with one attached hydrogen (secondary N) is 1. The van der Waals surface area contributed by atoms with Crippen molar-refractivity contribution < 1.29 is 17.9 Å². The summed E-state index contributed by atoms with van der Waals surface area (Å²) in [5.41, 5.74) is 0. The number of ether oxygens (including phenoxy) is 2. The molecule has 5 nitrogen and oxygen atoms in total. The van der Waals surface area contributed by atoms with Crippen LogP contribution in [0.1, 0.15) is 0 Å². The first-order chi connectivity index (χ1) is 8.59. The zero-order valence-corrected chi connectivity index (χ0v) is 11.1. The summed E-state index contributed by atoms with van der Waals surface area (Å²) in [7, 11) is -1.32. The van der Waals surface area contributed by atoms with E-state index in [9.17, 15) is 8.42 Å². The van der Waals surface area contributed by atoms with Crippen LogP contribution in [0, 0.1) is 0 Å². The van der Waals surface area contributed by atoms with Crippen molar-refractivity contribution in [2.75, 3.05) is 31.8 Å². The van der Waals surface area contributed by atoms with Gasteiger partial charge in [0.2, 0.25) is 0 Å². The molecule has 1 atom stereocenters. The summed E-state index contributed by atoms with van der Waals surface area (Å²) in [5, 5.41) is 3.14. The van der Waals surface area contributed by atoms with E-state index >= 15 is 0 Å². The maximum absolute atomic E-state index is 11.5. The fourth-order valence-corrected chi connectivity index (χ4v) is 3.28. The van der Waals surface area contributed by atoms with Crippen LogP contribution in [0.3, 0.4) is 0 Å². The predicted octanol–water partition coefficient (Wildman–Crippen LogP) is 0.461. The topological polar surface area (TPSA) is 64.6 Å². The number of sulfone groups is 1. The van der Waals surface area contributed by atoms with Crippen LogP contribution >= 0.6 is 0 Å². The third-order valence-corrected chi connectivity index (χ3v) is 4.53. The molecular weight excluding hydrogens is 254 g/mol. The van der Waals surface area contributed by atoms with Crippen molar-refractivity contribution in [1.82, 2.24) is 5.32 Å². The fourth-order valence-electron chi connectivity index (χ4n) is 1.86. The number of hydrogen-bond donors (Lipinski definition) is 1. The summed E-state index contributed by atoms with van der Waals surface area (Å²) in [6.45, 7) is 0.834. The molecule has 1 aromatic rings. The summed E-state index contributed by atoms with van der Waals surface area (Å²) >= 11 is 0. The second kappa shape index (κ2) is 5.58. The van der Waals surface area contributed by atoms with E-state index in [4.69, 9.17) is 9.47 Å². The maximum atomic E-state index is 11.5. The summed E-state index contributed by atoms with van der Waals surface area (Å²) < 4.78 is 33.6. The fraction of sp³-hybridized carbons (Fsp3) is 0.500. The first-order valence-electron chi connectivity index (χ1n) is 5.80. The van der Waals surface area contributed by atoms with Crippen LogP contribution in [0.4, 0.5) is 0 Å². The zero-order chi connectivity index (χ0) is 13.0. The molecule has 0 saturated carbocycles. The van der Waals surface area contributed by atoms with Gasteiger partial charge in [-0.1, -0.05) is 6.07 Å². The SMILES string of the molecule is COc1cccc(OCC2CS(=O)(=O)CCN2)c1. The molecule has 2 rings (SSSR count). The molecule has 1 fully saturated rings. The van der Waals surface area contributed by atoms with Crippen LogP contribution in [-0.4, -0.2) is 46.2 Å². The van der Waals surface area contributed by atoms with Crippen molar-refractivity contribution in [3.63, 3.8) is 0 Å². The lowest BCUT2D eigenvalue weighted by atomic mass is 10.3. The molecule has 1 N–H and O–H groups in total. The van der Waals surface area contributed by atoms with Gasteiger partial charge in [-0.3, -0.25) is 0 Å². The Labute approximate surface area is 107 Å². The van der Waals surface area contributed by atoms with E-state index in [0.29, 0.717) is 18.9 Å². The van der Waals surface area contributed by atoms with Crippen LogP contribution < -0.4 is 14.8 Å². The van der Waals surface area contributed by atoms with Crippen molar-refractivity contribution in [2.45, 2.75) is 6.04 Å². The van der Waals surface area contributed by atoms with Crippen molar-refractivity contribution >= 4 is 9.84 Å². The highest BCUT2D eigenvalue weighted by atomic mass is 32.2. The second-order valence-electron chi connectivity index (χ2n) is 4.26. The smallest absolute Gasteiger partial charge is 0.153 e. The van der Waals surface area contributed by atoms with E-state index < -0.39 is 9.84 Å². The van der Waals surface area contributed by atoms with Crippen molar-refractivity contribution in [2.24, 2.45) is 0 Å². The molecule has 0 bridgehead atoms. The Kier molecular flexibility index (Phi) is 4.08.